The Kier molecular flexibility index (Phi) is 6.58. The lowest BCUT2D eigenvalue weighted by atomic mass is 10.1. The van der Waals surface area contributed by atoms with Gasteiger partial charge in [-0.2, -0.15) is 0 Å². The molecule has 0 unspecified atom stereocenters. The van der Waals surface area contributed by atoms with Gasteiger partial charge in [-0.15, -0.1) is 0 Å². The molecule has 2 N–H and O–H groups in total. The van der Waals surface area contributed by atoms with E-state index in [0.717, 1.165) is 37.3 Å². The van der Waals surface area contributed by atoms with Crippen LogP contribution in [0.5, 0.6) is 0 Å². The molecule has 1 heterocycles. The molecule has 9 heteroatoms. The van der Waals surface area contributed by atoms with E-state index in [2.05, 4.69) is 31.5 Å². The number of non-ortho nitro benzene ring substituents is 1. The van der Waals surface area contributed by atoms with Crippen LogP contribution in [0.4, 0.5) is 17.1 Å². The topological polar surface area (TPSA) is 87.5 Å². The maximum atomic E-state index is 12.5. The van der Waals surface area contributed by atoms with Crippen LogP contribution in [0.1, 0.15) is 29.6 Å². The molecule has 0 saturated carbocycles. The zero-order valence-electron chi connectivity index (χ0n) is 15.0. The summed E-state index contributed by atoms with van der Waals surface area (Å²) in [7, 11) is 0. The van der Waals surface area contributed by atoms with Crippen molar-refractivity contribution in [1.29, 1.82) is 0 Å². The number of hydrogen-bond acceptors (Lipinski definition) is 5. The van der Waals surface area contributed by atoms with Gasteiger partial charge in [-0.05, 0) is 65.6 Å². The predicted molar refractivity (Wildman–Crippen MR) is 117 cm³/mol. The zero-order chi connectivity index (χ0) is 20.1. The van der Waals surface area contributed by atoms with Gasteiger partial charge in [-0.1, -0.05) is 12.1 Å². The summed E-state index contributed by atoms with van der Waals surface area (Å²) in [6, 6.07) is 11.8. The fourth-order valence-corrected chi connectivity index (χ4v) is 3.74. The van der Waals surface area contributed by atoms with Gasteiger partial charge in [-0.3, -0.25) is 20.2 Å². The van der Waals surface area contributed by atoms with E-state index in [1.165, 1.54) is 24.6 Å². The van der Waals surface area contributed by atoms with E-state index < -0.39 is 10.8 Å². The Bertz CT molecular complexity index is 916. The second-order valence-corrected chi connectivity index (χ2v) is 7.66. The number of piperidine rings is 1. The molecule has 2 aromatic rings. The molecule has 0 radical (unpaired) electrons. The standard InChI is InChI=1S/C19H19BrN4O3S/c20-15-9-8-13(24(26)27)12-14(15)18(25)22-19(28)21-16-6-2-3-7-17(16)23-10-4-1-5-11-23/h2-3,6-9,12H,1,4-5,10-11H2,(H2,21,22,25,28). The average molecular weight is 463 g/mol. The number of para-hydroxylation sites is 2. The number of nitro groups is 1. The third-order valence-electron chi connectivity index (χ3n) is 4.48. The van der Waals surface area contributed by atoms with Crippen molar-refractivity contribution in [1.82, 2.24) is 5.32 Å². The van der Waals surface area contributed by atoms with E-state index in [1.54, 1.807) is 0 Å². The second-order valence-electron chi connectivity index (χ2n) is 6.39. The summed E-state index contributed by atoms with van der Waals surface area (Å²) < 4.78 is 0.451. The van der Waals surface area contributed by atoms with Gasteiger partial charge in [0.25, 0.3) is 11.6 Å². The van der Waals surface area contributed by atoms with Crippen molar-refractivity contribution in [2.45, 2.75) is 19.3 Å². The highest BCUT2D eigenvalue weighted by molar-refractivity contribution is 9.10. The predicted octanol–water partition coefficient (Wildman–Crippen LogP) is 4.47. The van der Waals surface area contributed by atoms with E-state index >= 15 is 0 Å². The van der Waals surface area contributed by atoms with Crippen molar-refractivity contribution in [3.63, 3.8) is 0 Å². The van der Waals surface area contributed by atoms with Crippen molar-refractivity contribution in [2.75, 3.05) is 23.3 Å². The molecule has 0 spiro atoms. The Balaban J connectivity index is 1.72. The monoisotopic (exact) mass is 462 g/mol. The van der Waals surface area contributed by atoms with Crippen molar-refractivity contribution in [2.24, 2.45) is 0 Å². The number of carbonyl (C=O) groups is 1. The fraction of sp³-hybridized carbons (Fsp3) is 0.263. The van der Waals surface area contributed by atoms with Crippen LogP contribution in [-0.2, 0) is 0 Å². The number of nitrogens with one attached hydrogen (secondary N) is 2. The van der Waals surface area contributed by atoms with E-state index in [9.17, 15) is 14.9 Å². The number of benzene rings is 2. The third kappa shape index (κ3) is 4.85. The molecule has 2 aromatic carbocycles. The van der Waals surface area contributed by atoms with E-state index in [1.807, 2.05) is 24.3 Å². The van der Waals surface area contributed by atoms with Crippen LogP contribution in [0, 0.1) is 10.1 Å². The summed E-state index contributed by atoms with van der Waals surface area (Å²) in [4.78, 5) is 25.2. The van der Waals surface area contributed by atoms with Crippen molar-refractivity contribution >= 4 is 56.2 Å². The Hall–Kier alpha value is -2.52. The quantitative estimate of drug-likeness (QED) is 0.395. The SMILES string of the molecule is O=C(NC(=S)Nc1ccccc1N1CCCCC1)c1cc([N+](=O)[O-])ccc1Br. The molecular formula is C19H19BrN4O3S. The minimum Gasteiger partial charge on any atom is -0.370 e. The van der Waals surface area contributed by atoms with Gasteiger partial charge >= 0.3 is 0 Å². The van der Waals surface area contributed by atoms with Crippen LogP contribution in [-0.4, -0.2) is 29.0 Å². The average Bonchev–Trinajstić information content (AvgIpc) is 2.69. The first-order valence-corrected chi connectivity index (χ1v) is 10.1. The number of nitro benzene ring substituents is 1. The molecule has 0 bridgehead atoms. The van der Waals surface area contributed by atoms with E-state index in [-0.39, 0.29) is 16.4 Å². The van der Waals surface area contributed by atoms with Gasteiger partial charge in [-0.25, -0.2) is 0 Å². The zero-order valence-corrected chi connectivity index (χ0v) is 17.4. The normalized spacial score (nSPS) is 13.7. The maximum absolute atomic E-state index is 12.5. The first kappa shape index (κ1) is 20.2. The minimum absolute atomic E-state index is 0.132. The smallest absolute Gasteiger partial charge is 0.270 e. The van der Waals surface area contributed by atoms with Crippen LogP contribution >= 0.6 is 28.1 Å². The lowest BCUT2D eigenvalue weighted by molar-refractivity contribution is -0.384. The number of carbonyl (C=O) groups excluding carboxylic acids is 1. The molecule has 1 fully saturated rings. The van der Waals surface area contributed by atoms with Gasteiger partial charge in [0.1, 0.15) is 0 Å². The van der Waals surface area contributed by atoms with Crippen LogP contribution in [0.15, 0.2) is 46.9 Å². The number of hydrogen-bond donors (Lipinski definition) is 2. The van der Waals surface area contributed by atoms with Crippen LogP contribution < -0.4 is 15.5 Å². The fourth-order valence-electron chi connectivity index (χ4n) is 3.11. The number of anilines is 2. The minimum atomic E-state index is -0.547. The lowest BCUT2D eigenvalue weighted by Gasteiger charge is -2.30. The maximum Gasteiger partial charge on any atom is 0.270 e. The molecule has 28 heavy (non-hydrogen) atoms. The van der Waals surface area contributed by atoms with E-state index in [0.29, 0.717) is 4.47 Å². The molecule has 1 aliphatic heterocycles. The van der Waals surface area contributed by atoms with Gasteiger partial charge in [0.2, 0.25) is 0 Å². The molecule has 1 aliphatic rings. The van der Waals surface area contributed by atoms with Gasteiger partial charge < -0.3 is 10.2 Å². The van der Waals surface area contributed by atoms with Gasteiger partial charge in [0.15, 0.2) is 5.11 Å². The molecule has 3 rings (SSSR count). The highest BCUT2D eigenvalue weighted by atomic mass is 79.9. The van der Waals surface area contributed by atoms with Crippen molar-refractivity contribution < 1.29 is 9.72 Å². The number of nitrogens with zero attached hydrogens (tertiary/aromatic N) is 2. The highest BCUT2D eigenvalue weighted by Crippen LogP contribution is 2.28. The molecule has 1 amide bonds. The molecule has 0 atom stereocenters. The Morgan fingerprint density at radius 3 is 2.57 bits per heavy atom. The highest BCUT2D eigenvalue weighted by Gasteiger charge is 2.18. The Morgan fingerprint density at radius 1 is 1.14 bits per heavy atom. The Labute approximate surface area is 176 Å². The number of thiocarbonyl (C=S) groups is 1. The van der Waals surface area contributed by atoms with Crippen LogP contribution in [0.25, 0.3) is 0 Å². The molecule has 146 valence electrons. The first-order valence-electron chi connectivity index (χ1n) is 8.86. The lowest BCUT2D eigenvalue weighted by Crippen LogP contribution is -2.35. The number of halogens is 1. The summed E-state index contributed by atoms with van der Waals surface area (Å²) in [6.45, 7) is 1.97. The summed E-state index contributed by atoms with van der Waals surface area (Å²) in [5.74, 6) is -0.525. The van der Waals surface area contributed by atoms with Crippen LogP contribution in [0.2, 0.25) is 0 Å². The largest absolute Gasteiger partial charge is 0.370 e. The van der Waals surface area contributed by atoms with Crippen LogP contribution in [0.3, 0.4) is 0 Å². The second kappa shape index (κ2) is 9.11. The molecule has 0 aromatic heterocycles. The van der Waals surface area contributed by atoms with Crippen molar-refractivity contribution in [3.8, 4) is 0 Å². The molecule has 1 saturated heterocycles. The van der Waals surface area contributed by atoms with Crippen molar-refractivity contribution in [3.05, 3.63) is 62.6 Å². The summed E-state index contributed by atoms with van der Waals surface area (Å²) in [5, 5.41) is 16.8. The first-order chi connectivity index (χ1) is 13.5. The van der Waals surface area contributed by atoms with E-state index in [4.69, 9.17) is 12.2 Å². The number of rotatable bonds is 4. The summed E-state index contributed by atoms with van der Waals surface area (Å²) in [6.07, 6.45) is 3.53. The molecule has 0 aliphatic carbocycles. The molecular weight excluding hydrogens is 444 g/mol. The Morgan fingerprint density at radius 2 is 1.86 bits per heavy atom. The number of amides is 1. The van der Waals surface area contributed by atoms with Gasteiger partial charge in [0, 0.05) is 29.7 Å². The van der Waals surface area contributed by atoms with Gasteiger partial charge in [0.05, 0.1) is 21.9 Å². The summed E-state index contributed by atoms with van der Waals surface area (Å²) in [5.41, 5.74) is 1.83. The summed E-state index contributed by atoms with van der Waals surface area (Å²) >= 11 is 8.54. The molecule has 7 nitrogen and oxygen atoms in total. The third-order valence-corrected chi connectivity index (χ3v) is 5.38.